The Labute approximate surface area is 333 Å². The summed E-state index contributed by atoms with van der Waals surface area (Å²) in [5, 5.41) is 11.6. The largest absolute Gasteiger partial charge is 0.344 e. The normalized spacial score (nSPS) is 15.0. The molecule has 0 radical (unpaired) electrons. The smallest absolute Gasteiger partial charge is 0.205 e. The van der Waals surface area contributed by atoms with E-state index in [1.807, 2.05) is 42.5 Å². The second-order valence-corrected chi connectivity index (χ2v) is 15.4. The van der Waals surface area contributed by atoms with E-state index < -0.39 is 11.6 Å². The van der Waals surface area contributed by atoms with Crippen LogP contribution in [0.15, 0.2) is 91.0 Å². The summed E-state index contributed by atoms with van der Waals surface area (Å²) in [6.45, 7) is 11.5. The Morgan fingerprint density at radius 2 is 1.33 bits per heavy atom. The predicted molar refractivity (Wildman–Crippen MR) is 218 cm³/mol. The number of halogens is 3. The molecular formula is C41H40ClF2N9S2. The number of anilines is 2. The maximum Gasteiger partial charge on any atom is 0.205 e. The quantitative estimate of drug-likeness (QED) is 0.144. The molecule has 4 heterocycles. The monoisotopic (exact) mass is 795 g/mol. The van der Waals surface area contributed by atoms with Crippen molar-refractivity contribution in [2.75, 3.05) is 68.7 Å². The van der Waals surface area contributed by atoms with E-state index in [1.165, 1.54) is 46.3 Å². The van der Waals surface area contributed by atoms with Crippen LogP contribution in [0.5, 0.6) is 0 Å². The summed E-state index contributed by atoms with van der Waals surface area (Å²) in [4.78, 5) is 18.8. The van der Waals surface area contributed by atoms with E-state index in [2.05, 4.69) is 70.6 Å². The standard InChI is InChI=1S/C21H21N5S.C20H19ClF2N4S/c1-16-5-2-3-7-19(16)15-25-9-11-26(12-10-25)21-23-20(24-27-21)18-8-4-6-17(13-18)14-22;21-16-4-2-15(3-5-16)19-24-20(28-25-19)27-11-9-26(10-12-27)8-7-14-1-6-17(22)18(23)13-14/h2-8,13H,9-12,15H2,1H3;1-6,13H,7-12H2. The Kier molecular flexibility index (Phi) is 12.7. The number of nitrogens with zero attached hydrogens (tertiary/aromatic N) is 9. The number of nitriles is 1. The predicted octanol–water partition coefficient (Wildman–Crippen LogP) is 8.21. The lowest BCUT2D eigenvalue weighted by Crippen LogP contribution is -2.47. The van der Waals surface area contributed by atoms with Gasteiger partial charge in [0.1, 0.15) is 0 Å². The fourth-order valence-electron chi connectivity index (χ4n) is 6.52. The van der Waals surface area contributed by atoms with Crippen LogP contribution in [-0.2, 0) is 13.0 Å². The first-order valence-corrected chi connectivity index (χ1v) is 20.1. The van der Waals surface area contributed by atoms with Gasteiger partial charge in [-0.25, -0.2) is 8.78 Å². The second-order valence-electron chi connectivity index (χ2n) is 13.5. The van der Waals surface area contributed by atoms with E-state index in [9.17, 15) is 8.78 Å². The molecule has 4 aromatic carbocycles. The van der Waals surface area contributed by atoms with Gasteiger partial charge in [-0.3, -0.25) is 9.80 Å². The summed E-state index contributed by atoms with van der Waals surface area (Å²) in [6, 6.07) is 29.9. The third kappa shape index (κ3) is 10.1. The molecule has 0 spiro atoms. The van der Waals surface area contributed by atoms with E-state index in [-0.39, 0.29) is 0 Å². The molecule has 282 valence electrons. The molecule has 9 nitrogen and oxygen atoms in total. The minimum absolute atomic E-state index is 0.633. The third-order valence-corrected chi connectivity index (χ3v) is 11.6. The van der Waals surface area contributed by atoms with Crippen LogP contribution in [-0.4, -0.2) is 87.4 Å². The van der Waals surface area contributed by atoms with Crippen LogP contribution in [0.2, 0.25) is 5.02 Å². The molecular weight excluding hydrogens is 756 g/mol. The van der Waals surface area contributed by atoms with Crippen molar-refractivity contribution in [3.63, 3.8) is 0 Å². The number of hydrogen-bond acceptors (Lipinski definition) is 11. The highest BCUT2D eigenvalue weighted by molar-refractivity contribution is 7.10. The Bertz CT molecular complexity index is 2220. The molecule has 55 heavy (non-hydrogen) atoms. The molecule has 2 saturated heterocycles. The van der Waals surface area contributed by atoms with Gasteiger partial charge in [0.25, 0.3) is 0 Å². The van der Waals surface area contributed by atoms with Gasteiger partial charge >= 0.3 is 0 Å². The van der Waals surface area contributed by atoms with E-state index >= 15 is 0 Å². The minimum Gasteiger partial charge on any atom is -0.344 e. The van der Waals surface area contributed by atoms with Gasteiger partial charge in [0, 0.05) is 105 Å². The van der Waals surface area contributed by atoms with Gasteiger partial charge in [0.15, 0.2) is 23.3 Å². The van der Waals surface area contributed by atoms with Gasteiger partial charge in [-0.1, -0.05) is 54.1 Å². The molecule has 0 aliphatic carbocycles. The molecule has 0 N–H and O–H groups in total. The van der Waals surface area contributed by atoms with Crippen molar-refractivity contribution in [2.24, 2.45) is 0 Å². The SMILES string of the molecule is Cc1ccccc1CN1CCN(c2nc(-c3cccc(C#N)c3)ns2)CC1.Fc1ccc(CCN2CCN(c3nc(-c4ccc(Cl)cc4)ns3)CC2)cc1F. The van der Waals surface area contributed by atoms with Crippen LogP contribution in [0.25, 0.3) is 22.8 Å². The molecule has 2 fully saturated rings. The van der Waals surface area contributed by atoms with Crippen molar-refractivity contribution in [3.8, 4) is 28.8 Å². The summed E-state index contributed by atoms with van der Waals surface area (Å²) in [7, 11) is 0. The number of aryl methyl sites for hydroxylation is 1. The van der Waals surface area contributed by atoms with E-state index in [4.69, 9.17) is 21.8 Å². The lowest BCUT2D eigenvalue weighted by atomic mass is 10.1. The first kappa shape index (κ1) is 38.4. The zero-order valence-corrected chi connectivity index (χ0v) is 32.8. The Balaban J connectivity index is 0.000000169. The first-order valence-electron chi connectivity index (χ1n) is 18.2. The molecule has 2 aliphatic rings. The summed E-state index contributed by atoms with van der Waals surface area (Å²) in [5.74, 6) is -0.158. The highest BCUT2D eigenvalue weighted by atomic mass is 35.5. The third-order valence-electron chi connectivity index (χ3n) is 9.82. The number of aromatic nitrogens is 4. The van der Waals surface area contributed by atoms with Crippen LogP contribution >= 0.6 is 34.7 Å². The fourth-order valence-corrected chi connectivity index (χ4v) is 8.13. The first-order chi connectivity index (χ1) is 26.8. The van der Waals surface area contributed by atoms with Crippen molar-refractivity contribution >= 4 is 44.9 Å². The summed E-state index contributed by atoms with van der Waals surface area (Å²) >= 11 is 8.77. The number of hydrogen-bond donors (Lipinski definition) is 0. The Morgan fingerprint density at radius 1 is 0.691 bits per heavy atom. The van der Waals surface area contributed by atoms with Gasteiger partial charge < -0.3 is 9.80 Å². The van der Waals surface area contributed by atoms with E-state index in [0.717, 1.165) is 98.2 Å². The van der Waals surface area contributed by atoms with Crippen molar-refractivity contribution in [2.45, 2.75) is 19.9 Å². The van der Waals surface area contributed by atoms with Crippen molar-refractivity contribution in [1.29, 1.82) is 5.26 Å². The Hall–Kier alpha value is -4.84. The van der Waals surface area contributed by atoms with Crippen LogP contribution < -0.4 is 9.80 Å². The second kappa shape index (κ2) is 18.2. The average Bonchev–Trinajstić information content (AvgIpc) is 3.92. The van der Waals surface area contributed by atoms with Crippen molar-refractivity contribution in [1.82, 2.24) is 28.5 Å². The molecule has 2 aliphatic heterocycles. The van der Waals surface area contributed by atoms with Crippen LogP contribution in [0.4, 0.5) is 19.0 Å². The molecule has 6 aromatic rings. The maximum atomic E-state index is 13.3. The highest BCUT2D eigenvalue weighted by Gasteiger charge is 2.22. The van der Waals surface area contributed by atoms with E-state index in [1.54, 1.807) is 12.1 Å². The number of rotatable bonds is 9. The molecule has 8 rings (SSSR count). The van der Waals surface area contributed by atoms with Crippen LogP contribution in [0.1, 0.15) is 22.3 Å². The molecule has 0 amide bonds. The molecule has 0 saturated carbocycles. The van der Waals surface area contributed by atoms with Gasteiger partial charge in [0.2, 0.25) is 10.3 Å². The fraction of sp³-hybridized carbons (Fsp3) is 0.293. The number of piperazine rings is 2. The summed E-state index contributed by atoms with van der Waals surface area (Å²) < 4.78 is 35.3. The lowest BCUT2D eigenvalue weighted by molar-refractivity contribution is 0.249. The molecule has 0 unspecified atom stereocenters. The number of benzene rings is 4. The topological polar surface area (TPSA) is 88.3 Å². The summed E-state index contributed by atoms with van der Waals surface area (Å²) in [6.07, 6.45) is 0.705. The van der Waals surface area contributed by atoms with Gasteiger partial charge in [-0.05, 0) is 78.6 Å². The lowest BCUT2D eigenvalue weighted by Gasteiger charge is -2.34. The van der Waals surface area contributed by atoms with Crippen molar-refractivity contribution in [3.05, 3.63) is 130 Å². The van der Waals surface area contributed by atoms with E-state index in [0.29, 0.717) is 22.8 Å². The van der Waals surface area contributed by atoms with Gasteiger partial charge in [0.05, 0.1) is 11.6 Å². The molecule has 2 aromatic heterocycles. The molecule has 0 bridgehead atoms. The molecule has 0 atom stereocenters. The molecule has 14 heteroatoms. The zero-order chi connectivity index (χ0) is 38.1. The van der Waals surface area contributed by atoms with Crippen LogP contribution in [0, 0.1) is 29.9 Å². The zero-order valence-electron chi connectivity index (χ0n) is 30.4. The summed E-state index contributed by atoms with van der Waals surface area (Å²) in [5.41, 5.74) is 6.06. The Morgan fingerprint density at radius 3 is 1.96 bits per heavy atom. The van der Waals surface area contributed by atoms with Crippen molar-refractivity contribution < 1.29 is 8.78 Å². The van der Waals surface area contributed by atoms with Gasteiger partial charge in [-0.15, -0.1) is 0 Å². The average molecular weight is 796 g/mol. The highest BCUT2D eigenvalue weighted by Crippen LogP contribution is 2.27. The van der Waals surface area contributed by atoms with Crippen LogP contribution in [0.3, 0.4) is 0 Å². The van der Waals surface area contributed by atoms with Gasteiger partial charge in [-0.2, -0.15) is 24.0 Å². The maximum absolute atomic E-state index is 13.3. The minimum atomic E-state index is -0.799.